The largest absolute Gasteiger partial charge is 0.480 e. The summed E-state index contributed by atoms with van der Waals surface area (Å²) in [4.78, 5) is 26.5. The van der Waals surface area contributed by atoms with Crippen LogP contribution in [-0.2, 0) is 4.79 Å². The zero-order chi connectivity index (χ0) is 12.8. The van der Waals surface area contributed by atoms with Crippen LogP contribution in [0.5, 0.6) is 0 Å². The quantitative estimate of drug-likeness (QED) is 0.813. The van der Waals surface area contributed by atoms with Crippen LogP contribution in [0.2, 0.25) is 0 Å². The van der Waals surface area contributed by atoms with Gasteiger partial charge >= 0.3 is 5.97 Å². The molecule has 2 N–H and O–H groups in total. The first-order valence-corrected chi connectivity index (χ1v) is 5.99. The van der Waals surface area contributed by atoms with Crippen LogP contribution in [0.1, 0.15) is 30.1 Å². The predicted molar refractivity (Wildman–Crippen MR) is 65.7 cm³/mol. The summed E-state index contributed by atoms with van der Waals surface area (Å²) >= 11 is 3.15. The first-order valence-electron chi connectivity index (χ1n) is 5.19. The van der Waals surface area contributed by atoms with E-state index >= 15 is 0 Å². The molecule has 17 heavy (non-hydrogen) atoms. The molecular weight excluding hydrogens is 288 g/mol. The summed E-state index contributed by atoms with van der Waals surface area (Å²) in [6.45, 7) is 1.87. The van der Waals surface area contributed by atoms with Crippen molar-refractivity contribution in [3.05, 3.63) is 28.5 Å². The number of nitrogens with zero attached hydrogens (tertiary/aromatic N) is 1. The van der Waals surface area contributed by atoms with Gasteiger partial charge in [-0.1, -0.05) is 13.3 Å². The van der Waals surface area contributed by atoms with E-state index in [4.69, 9.17) is 5.11 Å². The molecule has 92 valence electrons. The van der Waals surface area contributed by atoms with Crippen molar-refractivity contribution < 1.29 is 14.7 Å². The van der Waals surface area contributed by atoms with E-state index in [9.17, 15) is 9.59 Å². The normalized spacial score (nSPS) is 11.9. The number of pyridine rings is 1. The molecule has 5 nitrogen and oxygen atoms in total. The molecule has 1 amide bonds. The highest BCUT2D eigenvalue weighted by atomic mass is 79.9. The van der Waals surface area contributed by atoms with E-state index in [-0.39, 0.29) is 0 Å². The Labute approximate surface area is 107 Å². The molecule has 0 fully saturated rings. The average molecular weight is 301 g/mol. The molecule has 0 saturated carbocycles. The van der Waals surface area contributed by atoms with Crippen LogP contribution in [-0.4, -0.2) is 28.0 Å². The van der Waals surface area contributed by atoms with Crippen molar-refractivity contribution in [2.75, 3.05) is 0 Å². The molecule has 1 aromatic heterocycles. The van der Waals surface area contributed by atoms with Gasteiger partial charge in [0, 0.05) is 11.8 Å². The Hall–Kier alpha value is -1.43. The van der Waals surface area contributed by atoms with Gasteiger partial charge in [-0.3, -0.25) is 4.79 Å². The van der Waals surface area contributed by atoms with Crippen LogP contribution in [0.25, 0.3) is 0 Å². The number of halogens is 1. The minimum atomic E-state index is -1.02. The Morgan fingerprint density at radius 1 is 1.59 bits per heavy atom. The van der Waals surface area contributed by atoms with Crippen LogP contribution in [0.4, 0.5) is 0 Å². The molecule has 1 aromatic rings. The third kappa shape index (κ3) is 4.14. The maximum atomic E-state index is 11.8. The highest BCUT2D eigenvalue weighted by Crippen LogP contribution is 2.08. The van der Waals surface area contributed by atoms with Gasteiger partial charge in [-0.25, -0.2) is 9.78 Å². The highest BCUT2D eigenvalue weighted by molar-refractivity contribution is 9.10. The number of hydrogen-bond donors (Lipinski definition) is 2. The first kappa shape index (κ1) is 13.6. The SMILES string of the molecule is CCCC(NC(=O)c1ccnc(Br)c1)C(=O)O. The lowest BCUT2D eigenvalue weighted by atomic mass is 10.1. The molecule has 1 unspecified atom stereocenters. The molecule has 1 atom stereocenters. The van der Waals surface area contributed by atoms with E-state index in [1.54, 1.807) is 6.07 Å². The fraction of sp³-hybridized carbons (Fsp3) is 0.364. The molecule has 1 heterocycles. The van der Waals surface area contributed by atoms with Gasteiger partial charge in [0.15, 0.2) is 0 Å². The van der Waals surface area contributed by atoms with E-state index < -0.39 is 17.9 Å². The fourth-order valence-corrected chi connectivity index (χ4v) is 1.70. The van der Waals surface area contributed by atoms with E-state index in [2.05, 4.69) is 26.2 Å². The number of aromatic nitrogens is 1. The van der Waals surface area contributed by atoms with Gasteiger partial charge in [0.1, 0.15) is 10.6 Å². The van der Waals surface area contributed by atoms with Crippen molar-refractivity contribution in [1.82, 2.24) is 10.3 Å². The molecular formula is C11H13BrN2O3. The summed E-state index contributed by atoms with van der Waals surface area (Å²) in [5, 5.41) is 11.4. The molecule has 0 saturated heterocycles. The molecule has 0 aliphatic carbocycles. The predicted octanol–water partition coefficient (Wildman–Crippen LogP) is 1.83. The second kappa shape index (κ2) is 6.34. The first-order chi connectivity index (χ1) is 8.04. The molecule has 1 rings (SSSR count). The third-order valence-corrected chi connectivity index (χ3v) is 2.60. The van der Waals surface area contributed by atoms with Gasteiger partial charge in [-0.2, -0.15) is 0 Å². The molecule has 0 aliphatic heterocycles. The van der Waals surface area contributed by atoms with Crippen molar-refractivity contribution in [2.45, 2.75) is 25.8 Å². The van der Waals surface area contributed by atoms with Crippen molar-refractivity contribution in [3.8, 4) is 0 Å². The van der Waals surface area contributed by atoms with Crippen molar-refractivity contribution in [2.24, 2.45) is 0 Å². The Kier molecular flexibility index (Phi) is 5.09. The van der Waals surface area contributed by atoms with Gasteiger partial charge in [-0.05, 0) is 34.5 Å². The lowest BCUT2D eigenvalue weighted by molar-refractivity contribution is -0.139. The van der Waals surface area contributed by atoms with E-state index in [1.807, 2.05) is 6.92 Å². The van der Waals surface area contributed by atoms with Crippen LogP contribution in [0, 0.1) is 0 Å². The minimum absolute atomic E-state index is 0.384. The summed E-state index contributed by atoms with van der Waals surface area (Å²) in [5.41, 5.74) is 0.384. The summed E-state index contributed by atoms with van der Waals surface area (Å²) < 4.78 is 0.535. The van der Waals surface area contributed by atoms with E-state index in [0.717, 1.165) is 0 Å². The lowest BCUT2D eigenvalue weighted by Gasteiger charge is -2.13. The standard InChI is InChI=1S/C11H13BrN2O3/c1-2-3-8(11(16)17)14-10(15)7-4-5-13-9(12)6-7/h4-6,8H,2-3H2,1H3,(H,14,15)(H,16,17). The average Bonchev–Trinajstić information content (AvgIpc) is 2.28. The summed E-state index contributed by atoms with van der Waals surface area (Å²) in [7, 11) is 0. The van der Waals surface area contributed by atoms with Gasteiger partial charge in [0.2, 0.25) is 0 Å². The summed E-state index contributed by atoms with van der Waals surface area (Å²) in [6, 6.07) is 2.23. The third-order valence-electron chi connectivity index (χ3n) is 2.17. The number of aliphatic carboxylic acids is 1. The Bertz CT molecular complexity index is 423. The van der Waals surface area contributed by atoms with Crippen LogP contribution >= 0.6 is 15.9 Å². The Balaban J connectivity index is 2.73. The Morgan fingerprint density at radius 2 is 2.29 bits per heavy atom. The van der Waals surface area contributed by atoms with Gasteiger partial charge in [-0.15, -0.1) is 0 Å². The van der Waals surface area contributed by atoms with Crippen LogP contribution in [0.15, 0.2) is 22.9 Å². The van der Waals surface area contributed by atoms with Gasteiger partial charge in [0.25, 0.3) is 5.91 Å². The number of carbonyl (C=O) groups is 2. The number of nitrogens with one attached hydrogen (secondary N) is 1. The minimum Gasteiger partial charge on any atom is -0.480 e. The maximum Gasteiger partial charge on any atom is 0.326 e. The number of hydrogen-bond acceptors (Lipinski definition) is 3. The fourth-order valence-electron chi connectivity index (χ4n) is 1.33. The second-order valence-corrected chi connectivity index (χ2v) is 4.33. The molecule has 6 heteroatoms. The number of carbonyl (C=O) groups excluding carboxylic acids is 1. The zero-order valence-corrected chi connectivity index (χ0v) is 10.9. The molecule has 0 aromatic carbocycles. The van der Waals surface area contributed by atoms with Crippen LogP contribution in [0.3, 0.4) is 0 Å². The summed E-state index contributed by atoms with van der Waals surface area (Å²) in [5.74, 6) is -1.43. The smallest absolute Gasteiger partial charge is 0.326 e. The number of carboxylic acids is 1. The van der Waals surface area contributed by atoms with Crippen molar-refractivity contribution in [3.63, 3.8) is 0 Å². The van der Waals surface area contributed by atoms with Gasteiger partial charge < -0.3 is 10.4 Å². The van der Waals surface area contributed by atoms with Gasteiger partial charge in [0.05, 0.1) is 0 Å². The number of rotatable bonds is 5. The van der Waals surface area contributed by atoms with E-state index in [1.165, 1.54) is 12.3 Å². The summed E-state index contributed by atoms with van der Waals surface area (Å²) in [6.07, 6.45) is 2.58. The molecule has 0 bridgehead atoms. The highest BCUT2D eigenvalue weighted by Gasteiger charge is 2.19. The second-order valence-electron chi connectivity index (χ2n) is 3.52. The zero-order valence-electron chi connectivity index (χ0n) is 9.31. The van der Waals surface area contributed by atoms with Crippen molar-refractivity contribution >= 4 is 27.8 Å². The lowest BCUT2D eigenvalue weighted by Crippen LogP contribution is -2.40. The number of amides is 1. The van der Waals surface area contributed by atoms with E-state index in [0.29, 0.717) is 23.0 Å². The molecule has 0 radical (unpaired) electrons. The van der Waals surface area contributed by atoms with Crippen LogP contribution < -0.4 is 5.32 Å². The molecule has 0 aliphatic rings. The molecule has 0 spiro atoms. The topological polar surface area (TPSA) is 79.3 Å². The number of carboxylic acid groups (broad SMARTS) is 1. The Morgan fingerprint density at radius 3 is 2.82 bits per heavy atom. The monoisotopic (exact) mass is 300 g/mol. The van der Waals surface area contributed by atoms with Crippen molar-refractivity contribution in [1.29, 1.82) is 0 Å². The maximum absolute atomic E-state index is 11.8.